The van der Waals surface area contributed by atoms with Crippen molar-refractivity contribution >= 4 is 16.9 Å². The first-order valence-corrected chi connectivity index (χ1v) is 8.46. The number of fused-ring (bicyclic) bond motifs is 1. The number of imidazole rings is 1. The fraction of sp³-hybridized carbons (Fsp3) is 0.300. The minimum atomic E-state index is -0.0761. The van der Waals surface area contributed by atoms with Crippen molar-refractivity contribution in [2.45, 2.75) is 26.3 Å². The highest BCUT2D eigenvalue weighted by atomic mass is 16.5. The van der Waals surface area contributed by atoms with E-state index in [1.165, 1.54) is 0 Å². The molecule has 3 aromatic rings. The van der Waals surface area contributed by atoms with E-state index in [0.29, 0.717) is 18.2 Å². The molecule has 0 aliphatic heterocycles. The Morgan fingerprint density at radius 3 is 2.64 bits per heavy atom. The molecule has 0 unspecified atom stereocenters. The highest BCUT2D eigenvalue weighted by Crippen LogP contribution is 2.19. The number of ether oxygens (including phenoxy) is 1. The SMILES string of the molecule is COc1ccc(C(=O)NCCc2ccc3c(c2)ncn3C(C)C)cc1. The summed E-state index contributed by atoms with van der Waals surface area (Å²) in [5.74, 6) is 0.665. The molecule has 0 atom stereocenters. The summed E-state index contributed by atoms with van der Waals surface area (Å²) in [6.45, 7) is 4.87. The summed E-state index contributed by atoms with van der Waals surface area (Å²) in [7, 11) is 1.61. The van der Waals surface area contributed by atoms with Gasteiger partial charge in [0.25, 0.3) is 5.91 Å². The molecular weight excluding hydrogens is 314 g/mol. The van der Waals surface area contributed by atoms with Crippen LogP contribution in [0.15, 0.2) is 48.8 Å². The lowest BCUT2D eigenvalue weighted by Crippen LogP contribution is -2.25. The summed E-state index contributed by atoms with van der Waals surface area (Å²) in [4.78, 5) is 16.6. The number of hydrogen-bond acceptors (Lipinski definition) is 3. The van der Waals surface area contributed by atoms with Gasteiger partial charge in [0.05, 0.1) is 24.5 Å². The van der Waals surface area contributed by atoms with E-state index in [0.717, 1.165) is 28.8 Å². The zero-order valence-corrected chi connectivity index (χ0v) is 14.8. The fourth-order valence-corrected chi connectivity index (χ4v) is 2.81. The number of amides is 1. The maximum Gasteiger partial charge on any atom is 0.251 e. The Labute approximate surface area is 147 Å². The molecule has 0 aliphatic rings. The van der Waals surface area contributed by atoms with Crippen molar-refractivity contribution in [3.63, 3.8) is 0 Å². The monoisotopic (exact) mass is 337 g/mol. The third-order valence-corrected chi connectivity index (χ3v) is 4.25. The molecule has 0 spiro atoms. The molecule has 0 radical (unpaired) electrons. The third kappa shape index (κ3) is 3.82. The van der Waals surface area contributed by atoms with Crippen LogP contribution in [0.25, 0.3) is 11.0 Å². The lowest BCUT2D eigenvalue weighted by Gasteiger charge is -2.09. The van der Waals surface area contributed by atoms with Gasteiger partial charge < -0.3 is 14.6 Å². The van der Waals surface area contributed by atoms with Crippen LogP contribution in [0, 0.1) is 0 Å². The molecule has 0 saturated carbocycles. The van der Waals surface area contributed by atoms with Crippen LogP contribution in [0.5, 0.6) is 5.75 Å². The van der Waals surface area contributed by atoms with E-state index in [2.05, 4.69) is 46.9 Å². The van der Waals surface area contributed by atoms with Gasteiger partial charge in [-0.3, -0.25) is 4.79 Å². The Morgan fingerprint density at radius 2 is 1.96 bits per heavy atom. The Kier molecular flexibility index (Phi) is 5.03. The number of nitrogens with one attached hydrogen (secondary N) is 1. The van der Waals surface area contributed by atoms with Gasteiger partial charge in [-0.05, 0) is 62.2 Å². The lowest BCUT2D eigenvalue weighted by atomic mass is 10.1. The summed E-state index contributed by atoms with van der Waals surface area (Å²) in [6, 6.07) is 13.8. The largest absolute Gasteiger partial charge is 0.497 e. The summed E-state index contributed by atoms with van der Waals surface area (Å²) < 4.78 is 7.26. The fourth-order valence-electron chi connectivity index (χ4n) is 2.81. The average molecular weight is 337 g/mol. The first-order chi connectivity index (χ1) is 12.1. The van der Waals surface area contributed by atoms with E-state index in [1.54, 1.807) is 31.4 Å². The van der Waals surface area contributed by atoms with Crippen LogP contribution >= 0.6 is 0 Å². The van der Waals surface area contributed by atoms with E-state index in [9.17, 15) is 4.79 Å². The molecule has 0 fully saturated rings. The molecule has 25 heavy (non-hydrogen) atoms. The predicted octanol–water partition coefficient (Wildman–Crippen LogP) is 3.60. The number of carbonyl (C=O) groups is 1. The normalized spacial score (nSPS) is 11.0. The van der Waals surface area contributed by atoms with Gasteiger partial charge in [-0.25, -0.2) is 4.98 Å². The average Bonchev–Trinajstić information content (AvgIpc) is 3.05. The Balaban J connectivity index is 1.59. The number of benzene rings is 2. The van der Waals surface area contributed by atoms with Crippen LogP contribution in [0.2, 0.25) is 0 Å². The third-order valence-electron chi connectivity index (χ3n) is 4.25. The van der Waals surface area contributed by atoms with Crippen molar-refractivity contribution < 1.29 is 9.53 Å². The van der Waals surface area contributed by atoms with Crippen molar-refractivity contribution in [2.24, 2.45) is 0 Å². The van der Waals surface area contributed by atoms with Crippen LogP contribution in [0.4, 0.5) is 0 Å². The first-order valence-electron chi connectivity index (χ1n) is 8.46. The number of aromatic nitrogens is 2. The van der Waals surface area contributed by atoms with Crippen LogP contribution in [-0.2, 0) is 6.42 Å². The molecular formula is C20H23N3O2. The molecule has 1 amide bonds. The molecule has 0 aliphatic carbocycles. The smallest absolute Gasteiger partial charge is 0.251 e. The van der Waals surface area contributed by atoms with Gasteiger partial charge in [-0.1, -0.05) is 6.07 Å². The predicted molar refractivity (Wildman–Crippen MR) is 99.1 cm³/mol. The van der Waals surface area contributed by atoms with Crippen molar-refractivity contribution in [1.82, 2.24) is 14.9 Å². The molecule has 1 aromatic heterocycles. The molecule has 1 N–H and O–H groups in total. The van der Waals surface area contributed by atoms with E-state index in [-0.39, 0.29) is 5.91 Å². The van der Waals surface area contributed by atoms with Crippen molar-refractivity contribution in [3.8, 4) is 5.75 Å². The minimum absolute atomic E-state index is 0.0761. The number of rotatable bonds is 6. The van der Waals surface area contributed by atoms with Gasteiger partial charge in [-0.2, -0.15) is 0 Å². The first kappa shape index (κ1) is 17.0. The van der Waals surface area contributed by atoms with Crippen molar-refractivity contribution in [3.05, 3.63) is 59.9 Å². The van der Waals surface area contributed by atoms with E-state index in [4.69, 9.17) is 4.74 Å². The van der Waals surface area contributed by atoms with Gasteiger partial charge in [0, 0.05) is 18.2 Å². The summed E-state index contributed by atoms with van der Waals surface area (Å²) in [6.07, 6.45) is 2.65. The highest BCUT2D eigenvalue weighted by molar-refractivity contribution is 5.94. The number of hydrogen-bond donors (Lipinski definition) is 1. The zero-order valence-electron chi connectivity index (χ0n) is 14.8. The molecule has 5 nitrogen and oxygen atoms in total. The zero-order chi connectivity index (χ0) is 17.8. The van der Waals surface area contributed by atoms with Crippen molar-refractivity contribution in [1.29, 1.82) is 0 Å². The Hall–Kier alpha value is -2.82. The summed E-state index contributed by atoms with van der Waals surface area (Å²) in [5.41, 5.74) is 3.93. The molecule has 0 saturated heterocycles. The van der Waals surface area contributed by atoms with Crippen molar-refractivity contribution in [2.75, 3.05) is 13.7 Å². The minimum Gasteiger partial charge on any atom is -0.497 e. The van der Waals surface area contributed by atoms with E-state index >= 15 is 0 Å². The van der Waals surface area contributed by atoms with Gasteiger partial charge in [0.1, 0.15) is 5.75 Å². The Bertz CT molecular complexity index is 866. The van der Waals surface area contributed by atoms with Crippen LogP contribution in [0.1, 0.15) is 35.8 Å². The summed E-state index contributed by atoms with van der Waals surface area (Å²) >= 11 is 0. The standard InChI is InChI=1S/C20H23N3O2/c1-14(2)23-13-22-18-12-15(4-9-19(18)23)10-11-21-20(24)16-5-7-17(25-3)8-6-16/h4-9,12-14H,10-11H2,1-3H3,(H,21,24). The maximum atomic E-state index is 12.2. The maximum absolute atomic E-state index is 12.2. The number of methoxy groups -OCH3 is 1. The number of carbonyl (C=O) groups excluding carboxylic acids is 1. The van der Waals surface area contributed by atoms with Crippen LogP contribution < -0.4 is 10.1 Å². The second kappa shape index (κ2) is 7.38. The highest BCUT2D eigenvalue weighted by Gasteiger charge is 2.08. The van der Waals surface area contributed by atoms with E-state index < -0.39 is 0 Å². The number of nitrogens with zero attached hydrogens (tertiary/aromatic N) is 2. The van der Waals surface area contributed by atoms with E-state index in [1.807, 2.05) is 6.33 Å². The molecule has 1 heterocycles. The quantitative estimate of drug-likeness (QED) is 0.748. The molecule has 2 aromatic carbocycles. The molecule has 130 valence electrons. The van der Waals surface area contributed by atoms with Gasteiger partial charge in [0.15, 0.2) is 0 Å². The second-order valence-electron chi connectivity index (χ2n) is 6.30. The molecule has 0 bridgehead atoms. The lowest BCUT2D eigenvalue weighted by molar-refractivity contribution is 0.0954. The van der Waals surface area contributed by atoms with Gasteiger partial charge in [-0.15, -0.1) is 0 Å². The summed E-state index contributed by atoms with van der Waals surface area (Å²) in [5, 5.41) is 2.95. The topological polar surface area (TPSA) is 56.1 Å². The molecule has 5 heteroatoms. The second-order valence-corrected chi connectivity index (χ2v) is 6.30. The van der Waals surface area contributed by atoms with Crippen LogP contribution in [0.3, 0.4) is 0 Å². The Morgan fingerprint density at radius 1 is 1.20 bits per heavy atom. The van der Waals surface area contributed by atoms with Gasteiger partial charge in [0.2, 0.25) is 0 Å². The van der Waals surface area contributed by atoms with Gasteiger partial charge >= 0.3 is 0 Å². The van der Waals surface area contributed by atoms with Crippen LogP contribution in [-0.4, -0.2) is 29.1 Å². The molecule has 3 rings (SSSR count).